The fourth-order valence-electron chi connectivity index (χ4n) is 1.31. The number of rotatable bonds is 4. The average Bonchev–Trinajstić information content (AvgIpc) is 2.15. The maximum atomic E-state index is 11.3. The highest BCUT2D eigenvalue weighted by molar-refractivity contribution is 8.13. The number of ketones is 1. The first-order chi connectivity index (χ1) is 7.34. The van der Waals surface area contributed by atoms with Gasteiger partial charge in [-0.3, -0.25) is 4.79 Å². The van der Waals surface area contributed by atoms with Crippen molar-refractivity contribution in [2.24, 2.45) is 0 Å². The van der Waals surface area contributed by atoms with E-state index in [1.807, 2.05) is 0 Å². The summed E-state index contributed by atoms with van der Waals surface area (Å²) in [7, 11) is 2.74. The summed E-state index contributed by atoms with van der Waals surface area (Å²) < 4.78 is 27.4. The Morgan fingerprint density at radius 3 is 2.50 bits per heavy atom. The van der Waals surface area contributed by atoms with Crippen molar-refractivity contribution in [2.75, 3.05) is 7.11 Å². The van der Waals surface area contributed by atoms with Gasteiger partial charge in [-0.05, 0) is 24.6 Å². The van der Waals surface area contributed by atoms with Crippen LogP contribution in [-0.2, 0) is 20.3 Å². The van der Waals surface area contributed by atoms with E-state index in [-0.39, 0.29) is 22.8 Å². The summed E-state index contributed by atoms with van der Waals surface area (Å²) in [5, 5.41) is 0. The first-order valence-electron chi connectivity index (χ1n) is 4.45. The Bertz CT molecular complexity index is 508. The van der Waals surface area contributed by atoms with Gasteiger partial charge in [0, 0.05) is 17.1 Å². The van der Waals surface area contributed by atoms with Crippen LogP contribution in [0.1, 0.15) is 12.5 Å². The molecule has 0 aromatic heterocycles. The number of hydrogen-bond acceptors (Lipinski definition) is 4. The Morgan fingerprint density at radius 2 is 2.06 bits per heavy atom. The number of Topliss-reactive ketones (excluding diaryl/α,β-unsaturated/α-hetero) is 1. The Kier molecular flexibility index (Phi) is 3.93. The van der Waals surface area contributed by atoms with Gasteiger partial charge in [-0.25, -0.2) is 8.42 Å². The van der Waals surface area contributed by atoms with Crippen LogP contribution in [0, 0.1) is 0 Å². The Balaban J connectivity index is 3.27. The minimum atomic E-state index is -3.87. The topological polar surface area (TPSA) is 60.4 Å². The van der Waals surface area contributed by atoms with Crippen molar-refractivity contribution in [3.8, 4) is 5.75 Å². The zero-order valence-corrected chi connectivity index (χ0v) is 10.4. The van der Waals surface area contributed by atoms with Crippen LogP contribution >= 0.6 is 10.7 Å². The van der Waals surface area contributed by atoms with Gasteiger partial charge < -0.3 is 4.74 Å². The molecule has 0 N–H and O–H groups in total. The molecule has 0 aliphatic rings. The molecule has 6 heteroatoms. The van der Waals surface area contributed by atoms with E-state index < -0.39 is 9.05 Å². The van der Waals surface area contributed by atoms with Crippen LogP contribution in [0.4, 0.5) is 0 Å². The highest BCUT2D eigenvalue weighted by Crippen LogP contribution is 2.27. The second-order valence-electron chi connectivity index (χ2n) is 3.30. The van der Waals surface area contributed by atoms with Crippen molar-refractivity contribution >= 4 is 25.5 Å². The minimum absolute atomic E-state index is 0.0527. The van der Waals surface area contributed by atoms with Crippen LogP contribution in [0.3, 0.4) is 0 Å². The van der Waals surface area contributed by atoms with Crippen molar-refractivity contribution in [2.45, 2.75) is 18.2 Å². The number of ether oxygens (including phenoxy) is 1. The molecule has 0 saturated heterocycles. The van der Waals surface area contributed by atoms with E-state index in [1.165, 1.54) is 26.2 Å². The van der Waals surface area contributed by atoms with Gasteiger partial charge in [-0.2, -0.15) is 0 Å². The van der Waals surface area contributed by atoms with Gasteiger partial charge in [0.05, 0.1) is 7.11 Å². The molecule has 88 valence electrons. The van der Waals surface area contributed by atoms with Gasteiger partial charge in [0.2, 0.25) is 0 Å². The van der Waals surface area contributed by atoms with E-state index in [2.05, 4.69) is 0 Å². The molecular formula is C10H11ClO4S. The molecule has 0 atom stereocenters. The summed E-state index contributed by atoms with van der Waals surface area (Å²) in [5.74, 6) is 0.116. The average molecular weight is 263 g/mol. The number of benzene rings is 1. The zero-order valence-electron chi connectivity index (χ0n) is 8.86. The predicted molar refractivity (Wildman–Crippen MR) is 60.4 cm³/mol. The van der Waals surface area contributed by atoms with Crippen LogP contribution in [0.2, 0.25) is 0 Å². The first kappa shape index (κ1) is 13.0. The number of carbonyl (C=O) groups excluding carboxylic acids is 1. The third-order valence-corrected chi connectivity index (χ3v) is 3.29. The van der Waals surface area contributed by atoms with Gasteiger partial charge >= 0.3 is 0 Å². The smallest absolute Gasteiger partial charge is 0.264 e. The quantitative estimate of drug-likeness (QED) is 0.776. The van der Waals surface area contributed by atoms with E-state index in [0.29, 0.717) is 5.56 Å². The lowest BCUT2D eigenvalue weighted by Crippen LogP contribution is -2.01. The lowest BCUT2D eigenvalue weighted by Gasteiger charge is -2.07. The lowest BCUT2D eigenvalue weighted by atomic mass is 10.1. The van der Waals surface area contributed by atoms with Crippen molar-refractivity contribution in [1.82, 2.24) is 0 Å². The van der Waals surface area contributed by atoms with Crippen LogP contribution in [0.25, 0.3) is 0 Å². The highest BCUT2D eigenvalue weighted by Gasteiger charge is 2.17. The molecule has 0 saturated carbocycles. The van der Waals surface area contributed by atoms with E-state index in [9.17, 15) is 13.2 Å². The SMILES string of the molecule is COc1ccc(CC(C)=O)cc1S(=O)(=O)Cl. The highest BCUT2D eigenvalue weighted by atomic mass is 35.7. The van der Waals surface area contributed by atoms with E-state index in [0.717, 1.165) is 0 Å². The van der Waals surface area contributed by atoms with Gasteiger partial charge in [-0.1, -0.05) is 6.07 Å². The largest absolute Gasteiger partial charge is 0.495 e. The number of hydrogen-bond donors (Lipinski definition) is 0. The second kappa shape index (κ2) is 4.84. The molecule has 0 aliphatic heterocycles. The predicted octanol–water partition coefficient (Wildman–Crippen LogP) is 1.75. The minimum Gasteiger partial charge on any atom is -0.495 e. The summed E-state index contributed by atoms with van der Waals surface area (Å²) in [6.07, 6.45) is 0.170. The fourth-order valence-corrected chi connectivity index (χ4v) is 2.35. The van der Waals surface area contributed by atoms with Gasteiger partial charge in [0.1, 0.15) is 16.4 Å². The lowest BCUT2D eigenvalue weighted by molar-refractivity contribution is -0.116. The van der Waals surface area contributed by atoms with Crippen LogP contribution in [0.15, 0.2) is 23.1 Å². The summed E-state index contributed by atoms with van der Waals surface area (Å²) >= 11 is 0. The third-order valence-electron chi connectivity index (χ3n) is 1.94. The molecule has 0 bridgehead atoms. The molecule has 1 rings (SSSR count). The van der Waals surface area contributed by atoms with E-state index >= 15 is 0 Å². The van der Waals surface area contributed by atoms with Crippen molar-refractivity contribution in [3.63, 3.8) is 0 Å². The van der Waals surface area contributed by atoms with Crippen LogP contribution < -0.4 is 4.74 Å². The van der Waals surface area contributed by atoms with Gasteiger partial charge in [-0.15, -0.1) is 0 Å². The molecule has 1 aromatic rings. The van der Waals surface area contributed by atoms with Crippen molar-refractivity contribution in [1.29, 1.82) is 0 Å². The first-order valence-corrected chi connectivity index (χ1v) is 6.76. The molecule has 1 aromatic carbocycles. The summed E-state index contributed by atoms with van der Waals surface area (Å²) in [5.41, 5.74) is 0.590. The molecule has 0 aliphatic carbocycles. The summed E-state index contributed by atoms with van der Waals surface area (Å²) in [6.45, 7) is 1.43. The molecule has 0 fully saturated rings. The Labute approximate surface area is 98.6 Å². The summed E-state index contributed by atoms with van der Waals surface area (Å²) in [4.78, 5) is 10.8. The van der Waals surface area contributed by atoms with Crippen LogP contribution in [0.5, 0.6) is 5.75 Å². The van der Waals surface area contributed by atoms with Gasteiger partial charge in [0.15, 0.2) is 0 Å². The van der Waals surface area contributed by atoms with Crippen molar-refractivity contribution < 1.29 is 17.9 Å². The van der Waals surface area contributed by atoms with Gasteiger partial charge in [0.25, 0.3) is 9.05 Å². The molecule has 4 nitrogen and oxygen atoms in total. The molecule has 0 heterocycles. The molecule has 0 radical (unpaired) electrons. The van der Waals surface area contributed by atoms with Crippen LogP contribution in [-0.4, -0.2) is 21.3 Å². The molecule has 0 unspecified atom stereocenters. The molecule has 16 heavy (non-hydrogen) atoms. The maximum absolute atomic E-state index is 11.3. The summed E-state index contributed by atoms with van der Waals surface area (Å²) in [6, 6.07) is 4.46. The van der Waals surface area contributed by atoms with Crippen molar-refractivity contribution in [3.05, 3.63) is 23.8 Å². The van der Waals surface area contributed by atoms with E-state index in [1.54, 1.807) is 6.07 Å². The number of methoxy groups -OCH3 is 1. The number of carbonyl (C=O) groups is 1. The molecular weight excluding hydrogens is 252 g/mol. The van der Waals surface area contributed by atoms with E-state index in [4.69, 9.17) is 15.4 Å². The second-order valence-corrected chi connectivity index (χ2v) is 5.84. The third kappa shape index (κ3) is 3.21. The molecule has 0 amide bonds. The Morgan fingerprint density at radius 1 is 1.44 bits per heavy atom. The maximum Gasteiger partial charge on any atom is 0.264 e. The molecule has 0 spiro atoms. The fraction of sp³-hybridized carbons (Fsp3) is 0.300. The number of halogens is 1. The zero-order chi connectivity index (χ0) is 12.3. The standard InChI is InChI=1S/C10H11ClO4S/c1-7(12)5-8-3-4-9(15-2)10(6-8)16(11,13)14/h3-4,6H,5H2,1-2H3. The normalized spacial score (nSPS) is 11.2. The monoisotopic (exact) mass is 262 g/mol. The Hall–Kier alpha value is -1.07.